The lowest BCUT2D eigenvalue weighted by Crippen LogP contribution is -2.34. The summed E-state index contributed by atoms with van der Waals surface area (Å²) < 4.78 is 21.8. The zero-order valence-corrected chi connectivity index (χ0v) is 10.5. The summed E-state index contributed by atoms with van der Waals surface area (Å²) in [4.78, 5) is 13.3. The number of halogens is 1. The minimum Gasteiger partial charge on any atom is -0.340 e. The monoisotopic (exact) mass is 253 g/mol. The van der Waals surface area contributed by atoms with Crippen LogP contribution in [0.25, 0.3) is 0 Å². The third kappa shape index (κ3) is 3.65. The van der Waals surface area contributed by atoms with E-state index in [1.54, 1.807) is 4.90 Å². The maximum Gasteiger partial charge on any atom is 0.232 e. The molecule has 1 aliphatic rings. The molecule has 0 N–H and O–H groups in total. The van der Waals surface area contributed by atoms with Crippen molar-refractivity contribution in [2.75, 3.05) is 12.3 Å². The Kier molecular flexibility index (Phi) is 4.00. The second-order valence-corrected chi connectivity index (χ2v) is 6.90. The molecule has 88 valence electrons. The fraction of sp³-hybridized carbons (Fsp3) is 0.889. The standard InChI is InChI=1S/C9H16ClNO3S/c1-3-7(2)11-5-8(4-9(11)12)6-15(10,13)14/h7-8H,3-6H2,1-2H3. The van der Waals surface area contributed by atoms with Gasteiger partial charge in [0.05, 0.1) is 5.75 Å². The van der Waals surface area contributed by atoms with E-state index < -0.39 is 9.05 Å². The number of carbonyl (C=O) groups excluding carboxylic acids is 1. The average molecular weight is 254 g/mol. The van der Waals surface area contributed by atoms with E-state index >= 15 is 0 Å². The van der Waals surface area contributed by atoms with Crippen LogP contribution < -0.4 is 0 Å². The lowest BCUT2D eigenvalue weighted by molar-refractivity contribution is -0.129. The predicted octanol–water partition coefficient (Wildman–Crippen LogP) is 1.20. The van der Waals surface area contributed by atoms with Crippen molar-refractivity contribution in [3.05, 3.63) is 0 Å². The molecule has 0 spiro atoms. The van der Waals surface area contributed by atoms with Crippen LogP contribution >= 0.6 is 10.7 Å². The molecule has 0 radical (unpaired) electrons. The number of hydrogen-bond donors (Lipinski definition) is 0. The molecule has 1 saturated heterocycles. The van der Waals surface area contributed by atoms with Gasteiger partial charge < -0.3 is 4.90 Å². The van der Waals surface area contributed by atoms with Crippen molar-refractivity contribution in [3.8, 4) is 0 Å². The molecule has 2 atom stereocenters. The van der Waals surface area contributed by atoms with Gasteiger partial charge in [0.15, 0.2) is 0 Å². The Morgan fingerprint density at radius 2 is 2.20 bits per heavy atom. The van der Waals surface area contributed by atoms with Crippen molar-refractivity contribution in [2.24, 2.45) is 5.92 Å². The Bertz CT molecular complexity index is 341. The molecule has 1 aliphatic heterocycles. The summed E-state index contributed by atoms with van der Waals surface area (Å²) in [5.41, 5.74) is 0. The van der Waals surface area contributed by atoms with Gasteiger partial charge in [0.2, 0.25) is 15.0 Å². The third-order valence-corrected chi connectivity index (χ3v) is 4.04. The van der Waals surface area contributed by atoms with E-state index in [9.17, 15) is 13.2 Å². The average Bonchev–Trinajstić information content (AvgIpc) is 2.42. The highest BCUT2D eigenvalue weighted by atomic mass is 35.7. The topological polar surface area (TPSA) is 54.5 Å². The number of likely N-dealkylation sites (tertiary alicyclic amines) is 1. The van der Waals surface area contributed by atoms with Crippen LogP contribution in [0.4, 0.5) is 0 Å². The smallest absolute Gasteiger partial charge is 0.232 e. The van der Waals surface area contributed by atoms with Crippen LogP contribution in [0.2, 0.25) is 0 Å². The molecule has 1 heterocycles. The summed E-state index contributed by atoms with van der Waals surface area (Å²) in [5, 5.41) is 0. The van der Waals surface area contributed by atoms with E-state index in [2.05, 4.69) is 0 Å². The molecular formula is C9H16ClNO3S. The normalized spacial score (nSPS) is 24.6. The van der Waals surface area contributed by atoms with Crippen molar-refractivity contribution in [2.45, 2.75) is 32.7 Å². The van der Waals surface area contributed by atoms with Crippen LogP contribution in [0.5, 0.6) is 0 Å². The van der Waals surface area contributed by atoms with Gasteiger partial charge in [-0.15, -0.1) is 0 Å². The number of amides is 1. The molecule has 0 aliphatic carbocycles. The first-order valence-corrected chi connectivity index (χ1v) is 7.53. The van der Waals surface area contributed by atoms with Crippen molar-refractivity contribution >= 4 is 25.6 Å². The molecule has 1 amide bonds. The molecular weight excluding hydrogens is 238 g/mol. The van der Waals surface area contributed by atoms with Gasteiger partial charge in [0.1, 0.15) is 0 Å². The molecule has 15 heavy (non-hydrogen) atoms. The summed E-state index contributed by atoms with van der Waals surface area (Å²) in [6.45, 7) is 4.48. The fourth-order valence-electron chi connectivity index (χ4n) is 1.85. The summed E-state index contributed by atoms with van der Waals surface area (Å²) in [7, 11) is 1.67. The summed E-state index contributed by atoms with van der Waals surface area (Å²) in [6, 6.07) is 0.181. The van der Waals surface area contributed by atoms with Gasteiger partial charge in [-0.3, -0.25) is 4.79 Å². The van der Waals surface area contributed by atoms with Gasteiger partial charge in [-0.05, 0) is 13.3 Å². The highest BCUT2D eigenvalue weighted by molar-refractivity contribution is 8.13. The van der Waals surface area contributed by atoms with E-state index in [4.69, 9.17) is 10.7 Å². The minimum atomic E-state index is -3.49. The largest absolute Gasteiger partial charge is 0.340 e. The van der Waals surface area contributed by atoms with Gasteiger partial charge in [0.25, 0.3) is 0 Å². The molecule has 0 bridgehead atoms. The van der Waals surface area contributed by atoms with Crippen LogP contribution in [0.1, 0.15) is 26.7 Å². The number of nitrogens with zero attached hydrogens (tertiary/aromatic N) is 1. The maximum atomic E-state index is 11.6. The van der Waals surface area contributed by atoms with E-state index in [1.807, 2.05) is 13.8 Å². The molecule has 0 aromatic heterocycles. The van der Waals surface area contributed by atoms with Gasteiger partial charge in [-0.25, -0.2) is 8.42 Å². The molecule has 0 aromatic rings. The highest BCUT2D eigenvalue weighted by Gasteiger charge is 2.34. The molecule has 6 heteroatoms. The van der Waals surface area contributed by atoms with Crippen LogP contribution in [-0.4, -0.2) is 37.6 Å². The molecule has 0 aromatic carbocycles. The number of carbonyl (C=O) groups is 1. The van der Waals surface area contributed by atoms with Gasteiger partial charge in [-0.2, -0.15) is 0 Å². The summed E-state index contributed by atoms with van der Waals surface area (Å²) in [5.74, 6) is -0.212. The Balaban J connectivity index is 2.60. The Morgan fingerprint density at radius 1 is 1.60 bits per heavy atom. The number of rotatable bonds is 4. The van der Waals surface area contributed by atoms with Crippen molar-refractivity contribution in [1.29, 1.82) is 0 Å². The summed E-state index contributed by atoms with van der Waals surface area (Å²) >= 11 is 0. The zero-order chi connectivity index (χ0) is 11.6. The van der Waals surface area contributed by atoms with E-state index in [0.29, 0.717) is 13.0 Å². The van der Waals surface area contributed by atoms with E-state index in [-0.39, 0.29) is 23.6 Å². The Labute approximate surface area is 95.0 Å². The molecule has 2 unspecified atom stereocenters. The zero-order valence-electron chi connectivity index (χ0n) is 8.94. The fourth-order valence-corrected chi connectivity index (χ4v) is 3.17. The first-order valence-electron chi connectivity index (χ1n) is 5.05. The SMILES string of the molecule is CCC(C)N1CC(CS(=O)(=O)Cl)CC1=O. The quantitative estimate of drug-likeness (QED) is 0.708. The first-order chi connectivity index (χ1) is 6.83. The van der Waals surface area contributed by atoms with E-state index in [0.717, 1.165) is 6.42 Å². The highest BCUT2D eigenvalue weighted by Crippen LogP contribution is 2.23. The van der Waals surface area contributed by atoms with Crippen LogP contribution in [0, 0.1) is 5.92 Å². The Morgan fingerprint density at radius 3 is 2.67 bits per heavy atom. The van der Waals surface area contributed by atoms with E-state index in [1.165, 1.54) is 0 Å². The molecule has 4 nitrogen and oxygen atoms in total. The molecule has 1 rings (SSSR count). The lowest BCUT2D eigenvalue weighted by atomic mass is 10.1. The van der Waals surface area contributed by atoms with Crippen molar-refractivity contribution in [1.82, 2.24) is 4.90 Å². The summed E-state index contributed by atoms with van der Waals surface area (Å²) in [6.07, 6.45) is 1.18. The van der Waals surface area contributed by atoms with Crippen LogP contribution in [-0.2, 0) is 13.8 Å². The van der Waals surface area contributed by atoms with Gasteiger partial charge in [0, 0.05) is 35.6 Å². The van der Waals surface area contributed by atoms with Gasteiger partial charge >= 0.3 is 0 Å². The van der Waals surface area contributed by atoms with Crippen LogP contribution in [0.3, 0.4) is 0 Å². The third-order valence-electron chi connectivity index (χ3n) is 2.80. The minimum absolute atomic E-state index is 0.0367. The predicted molar refractivity (Wildman–Crippen MR) is 59.2 cm³/mol. The van der Waals surface area contributed by atoms with Crippen molar-refractivity contribution < 1.29 is 13.2 Å². The van der Waals surface area contributed by atoms with Gasteiger partial charge in [-0.1, -0.05) is 6.92 Å². The Hall–Kier alpha value is -0.290. The molecule has 0 saturated carbocycles. The second kappa shape index (κ2) is 4.70. The molecule has 1 fully saturated rings. The maximum absolute atomic E-state index is 11.6. The second-order valence-electron chi connectivity index (χ2n) is 4.08. The van der Waals surface area contributed by atoms with Crippen LogP contribution in [0.15, 0.2) is 0 Å². The first kappa shape index (κ1) is 12.8. The lowest BCUT2D eigenvalue weighted by Gasteiger charge is -2.23. The van der Waals surface area contributed by atoms with Crippen molar-refractivity contribution in [3.63, 3.8) is 0 Å². The number of hydrogen-bond acceptors (Lipinski definition) is 3.